The molecule has 44 heavy (non-hydrogen) atoms. The summed E-state index contributed by atoms with van der Waals surface area (Å²) in [6, 6.07) is 8.41. The van der Waals surface area contributed by atoms with E-state index < -0.39 is 35.1 Å². The van der Waals surface area contributed by atoms with E-state index in [0.717, 1.165) is 44.1 Å². The fourth-order valence-electron chi connectivity index (χ4n) is 8.69. The average molecular weight is 606 g/mol. The first kappa shape index (κ1) is 32.4. The number of amides is 3. The molecule has 1 aliphatic carbocycles. The molecule has 4 aliphatic rings. The van der Waals surface area contributed by atoms with E-state index in [1.165, 1.54) is 0 Å². The molecule has 3 aliphatic heterocycles. The van der Waals surface area contributed by atoms with Gasteiger partial charge < -0.3 is 24.5 Å². The molecular formula is C36H51N3O5. The number of fused-ring (bicyclic) bond motifs is 1. The molecule has 240 valence electrons. The van der Waals surface area contributed by atoms with Crippen LogP contribution in [-0.2, 0) is 25.7 Å². The fourth-order valence-corrected chi connectivity index (χ4v) is 8.69. The van der Waals surface area contributed by atoms with E-state index in [-0.39, 0.29) is 36.3 Å². The Balaban J connectivity index is 1.58. The van der Waals surface area contributed by atoms with Crippen LogP contribution < -0.4 is 0 Å². The summed E-state index contributed by atoms with van der Waals surface area (Å²) in [7, 11) is 0. The molecule has 1 N–H and O–H groups in total. The summed E-state index contributed by atoms with van der Waals surface area (Å²) in [5.41, 5.74) is -1.02. The van der Waals surface area contributed by atoms with Crippen LogP contribution in [0, 0.1) is 17.8 Å². The number of nitrogens with zero attached hydrogens (tertiary/aromatic N) is 3. The minimum Gasteiger partial charge on any atom is -0.394 e. The van der Waals surface area contributed by atoms with Gasteiger partial charge in [0.25, 0.3) is 0 Å². The molecule has 8 nitrogen and oxygen atoms in total. The van der Waals surface area contributed by atoms with Gasteiger partial charge in [0, 0.05) is 25.7 Å². The van der Waals surface area contributed by atoms with Crippen LogP contribution in [0.25, 0.3) is 0 Å². The molecule has 0 aromatic heterocycles. The molecule has 7 atom stereocenters. The Morgan fingerprint density at radius 1 is 1.09 bits per heavy atom. The molecule has 4 fully saturated rings. The van der Waals surface area contributed by atoms with Crippen molar-refractivity contribution in [2.24, 2.45) is 17.8 Å². The summed E-state index contributed by atoms with van der Waals surface area (Å²) in [5, 5.41) is 10.7. The van der Waals surface area contributed by atoms with Crippen molar-refractivity contribution in [3.05, 3.63) is 61.2 Å². The molecule has 5 rings (SSSR count). The minimum absolute atomic E-state index is 0.0469. The number of rotatable bonds is 13. The van der Waals surface area contributed by atoms with Crippen molar-refractivity contribution < 1.29 is 24.2 Å². The fraction of sp³-hybridized carbons (Fsp3) is 0.639. The number of likely N-dealkylation sites (tertiary alicyclic amines) is 1. The maximum Gasteiger partial charge on any atom is 0.248 e. The Labute approximate surface area is 263 Å². The number of carbonyl (C=O) groups excluding carboxylic acids is 3. The lowest BCUT2D eigenvalue weighted by atomic mass is 9.66. The molecule has 0 radical (unpaired) electrons. The highest BCUT2D eigenvalue weighted by molar-refractivity contribution is 5.99. The van der Waals surface area contributed by atoms with Gasteiger partial charge in [-0.25, -0.2) is 0 Å². The number of ether oxygens (including phenoxy) is 1. The first-order valence-corrected chi connectivity index (χ1v) is 16.7. The van der Waals surface area contributed by atoms with E-state index in [0.29, 0.717) is 32.5 Å². The molecule has 1 aromatic carbocycles. The summed E-state index contributed by atoms with van der Waals surface area (Å²) < 4.78 is 6.95. The van der Waals surface area contributed by atoms with Gasteiger partial charge in [0.05, 0.1) is 30.1 Å². The molecule has 3 heterocycles. The number of aliphatic hydroxyl groups is 1. The molecule has 8 heteroatoms. The Morgan fingerprint density at radius 3 is 2.39 bits per heavy atom. The van der Waals surface area contributed by atoms with Crippen molar-refractivity contribution in [2.75, 3.05) is 19.7 Å². The predicted molar refractivity (Wildman–Crippen MR) is 170 cm³/mol. The quantitative estimate of drug-likeness (QED) is 0.329. The zero-order chi connectivity index (χ0) is 31.6. The molecule has 3 saturated heterocycles. The second-order valence-electron chi connectivity index (χ2n) is 13.7. The van der Waals surface area contributed by atoms with Crippen LogP contribution in [0.15, 0.2) is 55.6 Å². The van der Waals surface area contributed by atoms with Crippen molar-refractivity contribution in [1.29, 1.82) is 0 Å². The van der Waals surface area contributed by atoms with E-state index in [4.69, 9.17) is 4.74 Å². The monoisotopic (exact) mass is 605 g/mol. The van der Waals surface area contributed by atoms with Gasteiger partial charge in [-0.05, 0) is 44.1 Å². The standard InChI is InChI=1S/C36H51N3O5/c1-6-21-37(23-26-15-11-9-12-16-26)32(41)29-30-33(42)39(28(24-40)25(4)8-3)31(36(30)20-19-35(29,5)44-36)34(43)38(22-7-2)27-17-13-10-14-18-27/h6-7,9,11-12,15-16,25,27-31,40H,1-2,8,10,13-14,17-24H2,3-5H3/t25-,28-,29-,30-,31?,35+,36?/m0/s1. The summed E-state index contributed by atoms with van der Waals surface area (Å²) in [5.74, 6) is -2.13. The Morgan fingerprint density at radius 2 is 1.77 bits per heavy atom. The van der Waals surface area contributed by atoms with Crippen molar-refractivity contribution in [1.82, 2.24) is 14.7 Å². The molecule has 2 unspecified atom stereocenters. The zero-order valence-electron chi connectivity index (χ0n) is 26.8. The third-order valence-electron chi connectivity index (χ3n) is 11.1. The van der Waals surface area contributed by atoms with Gasteiger partial charge in [-0.3, -0.25) is 14.4 Å². The zero-order valence-corrected chi connectivity index (χ0v) is 26.8. The molecular weight excluding hydrogens is 554 g/mol. The maximum atomic E-state index is 14.9. The summed E-state index contributed by atoms with van der Waals surface area (Å²) in [6.07, 6.45) is 10.4. The van der Waals surface area contributed by atoms with Gasteiger partial charge in [-0.1, -0.05) is 82.0 Å². The SMILES string of the molecule is C=CCN(Cc1ccccc1)C(=O)[C@@H]1[C@H]2C(=O)N([C@@H](CO)[C@@H](C)CC)C(C(=O)N(CC=C)C3CCCCC3)C23CC[C@@]1(C)O3. The minimum atomic E-state index is -1.13. The number of hydrogen-bond acceptors (Lipinski definition) is 5. The largest absolute Gasteiger partial charge is 0.394 e. The third-order valence-corrected chi connectivity index (χ3v) is 11.1. The maximum absolute atomic E-state index is 14.9. The van der Waals surface area contributed by atoms with Crippen LogP contribution >= 0.6 is 0 Å². The lowest BCUT2D eigenvalue weighted by molar-refractivity contribution is -0.159. The molecule has 1 spiro atoms. The second kappa shape index (κ2) is 13.2. The summed E-state index contributed by atoms with van der Waals surface area (Å²) in [4.78, 5) is 49.6. The van der Waals surface area contributed by atoms with E-state index in [2.05, 4.69) is 13.2 Å². The van der Waals surface area contributed by atoms with Crippen LogP contribution in [0.2, 0.25) is 0 Å². The van der Waals surface area contributed by atoms with Crippen LogP contribution in [0.1, 0.15) is 77.7 Å². The number of hydrogen-bond donors (Lipinski definition) is 1. The van der Waals surface area contributed by atoms with Gasteiger partial charge in [0.1, 0.15) is 11.6 Å². The van der Waals surface area contributed by atoms with Gasteiger partial charge in [-0.15, -0.1) is 13.2 Å². The third kappa shape index (κ3) is 5.42. The topological polar surface area (TPSA) is 90.4 Å². The van der Waals surface area contributed by atoms with Crippen molar-refractivity contribution in [3.63, 3.8) is 0 Å². The van der Waals surface area contributed by atoms with Gasteiger partial charge in [-0.2, -0.15) is 0 Å². The van der Waals surface area contributed by atoms with E-state index in [1.54, 1.807) is 22.0 Å². The van der Waals surface area contributed by atoms with Crippen molar-refractivity contribution in [3.8, 4) is 0 Å². The lowest BCUT2D eigenvalue weighted by Crippen LogP contribution is -2.61. The molecule has 1 saturated carbocycles. The molecule has 1 aromatic rings. The van der Waals surface area contributed by atoms with Crippen LogP contribution in [-0.4, -0.2) is 86.6 Å². The highest BCUT2D eigenvalue weighted by Crippen LogP contribution is 2.64. The highest BCUT2D eigenvalue weighted by Gasteiger charge is 2.79. The van der Waals surface area contributed by atoms with Gasteiger partial charge >= 0.3 is 0 Å². The molecule has 3 amide bonds. The smallest absolute Gasteiger partial charge is 0.248 e. The second-order valence-corrected chi connectivity index (χ2v) is 13.7. The normalized spacial score (nSPS) is 31.0. The van der Waals surface area contributed by atoms with Crippen molar-refractivity contribution >= 4 is 17.7 Å². The summed E-state index contributed by atoms with van der Waals surface area (Å²) in [6.45, 7) is 14.7. The number of aliphatic hydroxyl groups excluding tert-OH is 1. The Hall–Kier alpha value is -2.97. The highest BCUT2D eigenvalue weighted by atomic mass is 16.5. The van der Waals surface area contributed by atoms with Crippen LogP contribution in [0.5, 0.6) is 0 Å². The van der Waals surface area contributed by atoms with Crippen LogP contribution in [0.4, 0.5) is 0 Å². The van der Waals surface area contributed by atoms with E-state index in [1.807, 2.05) is 56.0 Å². The first-order valence-electron chi connectivity index (χ1n) is 16.7. The Bertz CT molecular complexity index is 1230. The average Bonchev–Trinajstić information content (AvgIpc) is 3.61. The van der Waals surface area contributed by atoms with E-state index >= 15 is 0 Å². The predicted octanol–water partition coefficient (Wildman–Crippen LogP) is 4.72. The molecule has 2 bridgehead atoms. The first-order chi connectivity index (χ1) is 21.2. The van der Waals surface area contributed by atoms with Crippen LogP contribution in [0.3, 0.4) is 0 Å². The Kier molecular flexibility index (Phi) is 9.71. The van der Waals surface area contributed by atoms with E-state index in [9.17, 15) is 19.5 Å². The summed E-state index contributed by atoms with van der Waals surface area (Å²) >= 11 is 0. The van der Waals surface area contributed by atoms with Gasteiger partial charge in [0.2, 0.25) is 17.7 Å². The number of carbonyl (C=O) groups is 3. The van der Waals surface area contributed by atoms with Crippen molar-refractivity contribution in [2.45, 2.75) is 108 Å². The lowest BCUT2D eigenvalue weighted by Gasteiger charge is -2.43. The number of benzene rings is 1. The van der Waals surface area contributed by atoms with Gasteiger partial charge in [0.15, 0.2) is 0 Å².